The van der Waals surface area contributed by atoms with Crippen molar-refractivity contribution in [2.75, 3.05) is 12.3 Å². The van der Waals surface area contributed by atoms with Crippen molar-refractivity contribution >= 4 is 16.9 Å². The Morgan fingerprint density at radius 2 is 2.78 bits per heavy atom. The summed E-state index contributed by atoms with van der Waals surface area (Å²) in [7, 11) is 0. The third-order valence-corrected chi connectivity index (χ3v) is 2.13. The molecule has 0 fully saturated rings. The first-order valence-corrected chi connectivity index (χ1v) is 4.18. The number of amidine groups is 1. The van der Waals surface area contributed by atoms with Crippen LogP contribution in [0.3, 0.4) is 0 Å². The van der Waals surface area contributed by atoms with E-state index in [0.717, 1.165) is 11.7 Å². The Bertz CT molecular complexity index is 112. The molecular weight excluding hydrogens is 132 g/mol. The van der Waals surface area contributed by atoms with Gasteiger partial charge in [0.1, 0.15) is 0 Å². The largest absolute Gasteiger partial charge is 0.363 e. The molecule has 1 radical (unpaired) electrons. The van der Waals surface area contributed by atoms with Crippen molar-refractivity contribution < 1.29 is 0 Å². The standard InChI is InChI=1S/C6H11N2S/c1-2-5-9-6-7-3-4-8-6/h3H,2,4-5H2,1H3,(H,7,8). The lowest BCUT2D eigenvalue weighted by Gasteiger charge is -1.97. The quantitative estimate of drug-likeness (QED) is 0.629. The van der Waals surface area contributed by atoms with Gasteiger partial charge in [-0.15, -0.1) is 0 Å². The van der Waals surface area contributed by atoms with Crippen molar-refractivity contribution in [3.8, 4) is 0 Å². The molecule has 0 bridgehead atoms. The summed E-state index contributed by atoms with van der Waals surface area (Å²) in [6.45, 7) is 4.98. The SMILES string of the molecule is CCCSC1=N[CH]CN1. The summed E-state index contributed by atoms with van der Waals surface area (Å²) in [5, 5.41) is 4.23. The first-order valence-electron chi connectivity index (χ1n) is 3.19. The average molecular weight is 143 g/mol. The van der Waals surface area contributed by atoms with E-state index in [4.69, 9.17) is 0 Å². The van der Waals surface area contributed by atoms with Gasteiger partial charge in [0.25, 0.3) is 0 Å². The lowest BCUT2D eigenvalue weighted by molar-refractivity contribution is 1.05. The van der Waals surface area contributed by atoms with Gasteiger partial charge in [0, 0.05) is 12.3 Å². The highest BCUT2D eigenvalue weighted by atomic mass is 32.2. The summed E-state index contributed by atoms with van der Waals surface area (Å²) in [6, 6.07) is 0. The van der Waals surface area contributed by atoms with Crippen LogP contribution in [0.15, 0.2) is 4.99 Å². The Hall–Kier alpha value is -0.180. The third kappa shape index (κ3) is 2.26. The molecule has 0 saturated carbocycles. The summed E-state index contributed by atoms with van der Waals surface area (Å²) in [4.78, 5) is 4.12. The Morgan fingerprint density at radius 1 is 1.89 bits per heavy atom. The molecule has 1 aliphatic rings. The molecule has 2 nitrogen and oxygen atoms in total. The van der Waals surface area contributed by atoms with Crippen molar-refractivity contribution in [2.45, 2.75) is 13.3 Å². The molecule has 0 amide bonds. The van der Waals surface area contributed by atoms with Crippen LogP contribution in [0, 0.1) is 6.54 Å². The van der Waals surface area contributed by atoms with E-state index in [1.54, 1.807) is 11.8 Å². The summed E-state index contributed by atoms with van der Waals surface area (Å²) in [6.07, 6.45) is 1.21. The predicted octanol–water partition coefficient (Wildman–Crippen LogP) is 1.25. The average Bonchev–Trinajstić information content (AvgIpc) is 2.34. The zero-order valence-electron chi connectivity index (χ0n) is 5.55. The van der Waals surface area contributed by atoms with Gasteiger partial charge < -0.3 is 5.32 Å². The second-order valence-corrected chi connectivity index (χ2v) is 2.93. The highest BCUT2D eigenvalue weighted by Gasteiger charge is 2.03. The second kappa shape index (κ2) is 3.77. The molecule has 0 unspecified atom stereocenters. The maximum Gasteiger partial charge on any atom is 0.157 e. The zero-order chi connectivity index (χ0) is 6.53. The number of thioether (sulfide) groups is 1. The normalized spacial score (nSPS) is 17.2. The lowest BCUT2D eigenvalue weighted by atomic mass is 10.6. The fourth-order valence-electron chi connectivity index (χ4n) is 0.594. The maximum atomic E-state index is 4.12. The molecular formula is C6H11N2S. The number of nitrogens with zero attached hydrogens (tertiary/aromatic N) is 1. The molecule has 9 heavy (non-hydrogen) atoms. The molecule has 1 N–H and O–H groups in total. The summed E-state index contributed by atoms with van der Waals surface area (Å²) in [5.41, 5.74) is 0. The summed E-state index contributed by atoms with van der Waals surface area (Å²) < 4.78 is 0. The Balaban J connectivity index is 2.11. The predicted molar refractivity (Wildman–Crippen MR) is 42.5 cm³/mol. The first kappa shape index (κ1) is 6.93. The topological polar surface area (TPSA) is 24.4 Å². The number of aliphatic imine (C=N–C) groups is 1. The van der Waals surface area contributed by atoms with Crippen LogP contribution in [0.1, 0.15) is 13.3 Å². The van der Waals surface area contributed by atoms with Gasteiger partial charge in [-0.2, -0.15) is 0 Å². The highest BCUT2D eigenvalue weighted by Crippen LogP contribution is 2.07. The third-order valence-electron chi connectivity index (χ3n) is 0.996. The number of rotatable bonds is 2. The van der Waals surface area contributed by atoms with Crippen molar-refractivity contribution in [1.29, 1.82) is 0 Å². The van der Waals surface area contributed by atoms with E-state index in [1.165, 1.54) is 12.2 Å². The summed E-state index contributed by atoms with van der Waals surface area (Å²) in [5.74, 6) is 1.17. The van der Waals surface area contributed by atoms with E-state index in [-0.39, 0.29) is 0 Å². The van der Waals surface area contributed by atoms with Gasteiger partial charge in [-0.05, 0) is 6.42 Å². The van der Waals surface area contributed by atoms with Crippen LogP contribution in [0.4, 0.5) is 0 Å². The van der Waals surface area contributed by atoms with Crippen LogP contribution in [0.25, 0.3) is 0 Å². The molecule has 1 rings (SSSR count). The highest BCUT2D eigenvalue weighted by molar-refractivity contribution is 8.13. The monoisotopic (exact) mass is 143 g/mol. The maximum absolute atomic E-state index is 4.12. The minimum atomic E-state index is 0.909. The van der Waals surface area contributed by atoms with Crippen LogP contribution in [0.2, 0.25) is 0 Å². The van der Waals surface area contributed by atoms with E-state index in [0.29, 0.717) is 0 Å². The van der Waals surface area contributed by atoms with Gasteiger partial charge >= 0.3 is 0 Å². The van der Waals surface area contributed by atoms with E-state index >= 15 is 0 Å². The first-order chi connectivity index (χ1) is 4.43. The molecule has 0 spiro atoms. The Labute approximate surface area is 60.1 Å². The molecule has 1 heterocycles. The lowest BCUT2D eigenvalue weighted by Crippen LogP contribution is -2.14. The van der Waals surface area contributed by atoms with E-state index < -0.39 is 0 Å². The van der Waals surface area contributed by atoms with Crippen molar-refractivity contribution in [3.63, 3.8) is 0 Å². The van der Waals surface area contributed by atoms with Gasteiger partial charge in [-0.1, -0.05) is 18.7 Å². The van der Waals surface area contributed by atoms with Gasteiger partial charge in [-0.25, -0.2) is 0 Å². The second-order valence-electron chi connectivity index (χ2n) is 1.85. The molecule has 0 aliphatic carbocycles. The minimum absolute atomic E-state index is 0.909. The number of hydrogen-bond donors (Lipinski definition) is 1. The molecule has 0 aromatic carbocycles. The zero-order valence-corrected chi connectivity index (χ0v) is 6.37. The van der Waals surface area contributed by atoms with Gasteiger partial charge in [0.15, 0.2) is 5.17 Å². The Morgan fingerprint density at radius 3 is 3.33 bits per heavy atom. The van der Waals surface area contributed by atoms with Crippen LogP contribution in [0.5, 0.6) is 0 Å². The van der Waals surface area contributed by atoms with E-state index in [2.05, 4.69) is 17.2 Å². The molecule has 0 saturated heterocycles. The molecule has 1 aliphatic heterocycles. The van der Waals surface area contributed by atoms with Gasteiger partial charge in [-0.3, -0.25) is 4.99 Å². The minimum Gasteiger partial charge on any atom is -0.363 e. The molecule has 3 heteroatoms. The Kier molecular flexibility index (Phi) is 2.91. The van der Waals surface area contributed by atoms with Gasteiger partial charge in [0.05, 0.1) is 6.54 Å². The van der Waals surface area contributed by atoms with Crippen molar-refractivity contribution in [1.82, 2.24) is 5.32 Å². The smallest absolute Gasteiger partial charge is 0.157 e. The van der Waals surface area contributed by atoms with Crippen molar-refractivity contribution in [3.05, 3.63) is 6.54 Å². The number of nitrogens with one attached hydrogen (secondary N) is 1. The van der Waals surface area contributed by atoms with Crippen LogP contribution in [-0.4, -0.2) is 17.5 Å². The molecule has 0 aromatic heterocycles. The van der Waals surface area contributed by atoms with Gasteiger partial charge in [0.2, 0.25) is 0 Å². The molecule has 0 atom stereocenters. The molecule has 51 valence electrons. The van der Waals surface area contributed by atoms with E-state index in [9.17, 15) is 0 Å². The van der Waals surface area contributed by atoms with Crippen LogP contribution < -0.4 is 5.32 Å². The summed E-state index contributed by atoms with van der Waals surface area (Å²) >= 11 is 1.79. The number of hydrogen-bond acceptors (Lipinski definition) is 3. The van der Waals surface area contributed by atoms with Crippen LogP contribution in [-0.2, 0) is 0 Å². The fraction of sp³-hybridized carbons (Fsp3) is 0.667. The fourth-order valence-corrected chi connectivity index (χ4v) is 1.33. The van der Waals surface area contributed by atoms with Crippen LogP contribution >= 0.6 is 11.8 Å². The molecule has 0 aromatic rings. The van der Waals surface area contributed by atoms with Crippen molar-refractivity contribution in [2.24, 2.45) is 4.99 Å². The van der Waals surface area contributed by atoms with E-state index in [1.807, 2.05) is 6.54 Å².